The van der Waals surface area contributed by atoms with E-state index < -0.39 is 0 Å². The summed E-state index contributed by atoms with van der Waals surface area (Å²) in [6, 6.07) is 8.76. The van der Waals surface area contributed by atoms with E-state index in [0.717, 1.165) is 5.52 Å². The second-order valence-electron chi connectivity index (χ2n) is 6.48. The van der Waals surface area contributed by atoms with Crippen molar-refractivity contribution >= 4 is 22.8 Å². The summed E-state index contributed by atoms with van der Waals surface area (Å²) in [6.07, 6.45) is 1.42. The summed E-state index contributed by atoms with van der Waals surface area (Å²) in [4.78, 5) is 26.7. The van der Waals surface area contributed by atoms with Crippen LogP contribution >= 0.6 is 0 Å². The summed E-state index contributed by atoms with van der Waals surface area (Å²) in [5.41, 5.74) is 2.00. The molecule has 0 unspecified atom stereocenters. The molecule has 26 heavy (non-hydrogen) atoms. The third-order valence-corrected chi connectivity index (χ3v) is 4.64. The maximum atomic E-state index is 12.7. The second-order valence-corrected chi connectivity index (χ2v) is 6.48. The summed E-state index contributed by atoms with van der Waals surface area (Å²) < 4.78 is 5.34. The number of carbonyl (C=O) groups is 2. The van der Waals surface area contributed by atoms with Crippen LogP contribution in [0.25, 0.3) is 11.0 Å². The lowest BCUT2D eigenvalue weighted by Gasteiger charge is -2.32. The minimum atomic E-state index is -0.209. The van der Waals surface area contributed by atoms with Crippen LogP contribution in [-0.2, 0) is 0 Å². The van der Waals surface area contributed by atoms with Crippen LogP contribution in [0.5, 0.6) is 0 Å². The Hall–Kier alpha value is -3.16. The molecule has 3 heterocycles. The zero-order valence-electron chi connectivity index (χ0n) is 14.4. The Bertz CT molecular complexity index is 953. The van der Waals surface area contributed by atoms with E-state index in [0.29, 0.717) is 48.5 Å². The fourth-order valence-corrected chi connectivity index (χ4v) is 3.20. The number of aromatic nitrogens is 3. The average Bonchev–Trinajstić information content (AvgIpc) is 3.29. The predicted molar refractivity (Wildman–Crippen MR) is 93.7 cm³/mol. The van der Waals surface area contributed by atoms with E-state index in [9.17, 15) is 9.59 Å². The summed E-state index contributed by atoms with van der Waals surface area (Å²) in [7, 11) is 0. The molecule has 8 nitrogen and oxygen atoms in total. The van der Waals surface area contributed by atoms with Gasteiger partial charge in [-0.05, 0) is 50.1 Å². The average molecular weight is 353 g/mol. The number of aromatic amines is 1. The molecule has 1 saturated heterocycles. The van der Waals surface area contributed by atoms with Crippen molar-refractivity contribution in [1.29, 1.82) is 0 Å². The van der Waals surface area contributed by atoms with Crippen molar-refractivity contribution in [2.75, 3.05) is 13.1 Å². The number of benzene rings is 1. The zero-order chi connectivity index (χ0) is 18.1. The van der Waals surface area contributed by atoms with Gasteiger partial charge >= 0.3 is 0 Å². The van der Waals surface area contributed by atoms with Gasteiger partial charge in [0, 0.05) is 24.7 Å². The maximum absolute atomic E-state index is 12.7. The highest BCUT2D eigenvalue weighted by Gasteiger charge is 2.25. The Morgan fingerprint density at radius 3 is 2.65 bits per heavy atom. The molecule has 8 heteroatoms. The molecule has 2 amide bonds. The van der Waals surface area contributed by atoms with Gasteiger partial charge in [0.1, 0.15) is 16.8 Å². The molecule has 2 N–H and O–H groups in total. The van der Waals surface area contributed by atoms with Crippen molar-refractivity contribution in [2.45, 2.75) is 25.8 Å². The molecule has 0 atom stereocenters. The van der Waals surface area contributed by atoms with Crippen LogP contribution in [0.15, 0.2) is 34.7 Å². The number of hydrogen-bond donors (Lipinski definition) is 2. The van der Waals surface area contributed by atoms with E-state index in [2.05, 4.69) is 20.7 Å². The highest BCUT2D eigenvalue weighted by molar-refractivity contribution is 5.97. The van der Waals surface area contributed by atoms with E-state index in [1.807, 2.05) is 0 Å². The van der Waals surface area contributed by atoms with Crippen LogP contribution in [0.2, 0.25) is 0 Å². The number of fused-ring (bicyclic) bond motifs is 1. The highest BCUT2D eigenvalue weighted by Crippen LogP contribution is 2.17. The molecule has 1 aliphatic rings. The minimum absolute atomic E-state index is 0.0265. The number of furan rings is 1. The third kappa shape index (κ3) is 3.17. The molecular weight excluding hydrogens is 334 g/mol. The molecule has 1 aromatic carbocycles. The second kappa shape index (κ2) is 6.62. The largest absolute Gasteiger partial charge is 0.456 e. The number of H-pyrrole nitrogens is 1. The van der Waals surface area contributed by atoms with Gasteiger partial charge in [0.25, 0.3) is 11.8 Å². The van der Waals surface area contributed by atoms with Crippen molar-refractivity contribution in [2.24, 2.45) is 0 Å². The molecule has 0 saturated carbocycles. The van der Waals surface area contributed by atoms with Gasteiger partial charge in [0.05, 0.1) is 0 Å². The Labute approximate surface area is 149 Å². The van der Waals surface area contributed by atoms with Gasteiger partial charge in [-0.15, -0.1) is 0 Å². The number of carbonyl (C=O) groups excluding carboxylic acids is 2. The van der Waals surface area contributed by atoms with Gasteiger partial charge in [0.2, 0.25) is 0 Å². The molecule has 0 spiro atoms. The number of hydrogen-bond acceptors (Lipinski definition) is 5. The summed E-state index contributed by atoms with van der Waals surface area (Å²) >= 11 is 0. The molecule has 0 bridgehead atoms. The number of aryl methyl sites for hydroxylation is 1. The van der Waals surface area contributed by atoms with Crippen LogP contribution < -0.4 is 5.32 Å². The third-order valence-electron chi connectivity index (χ3n) is 4.64. The first-order chi connectivity index (χ1) is 12.6. The lowest BCUT2D eigenvalue weighted by Crippen LogP contribution is -2.46. The Balaban J connectivity index is 1.35. The van der Waals surface area contributed by atoms with Crippen molar-refractivity contribution in [3.63, 3.8) is 0 Å². The first-order valence-corrected chi connectivity index (χ1v) is 8.57. The van der Waals surface area contributed by atoms with Gasteiger partial charge in [0.15, 0.2) is 5.76 Å². The van der Waals surface area contributed by atoms with Crippen molar-refractivity contribution < 1.29 is 14.0 Å². The first-order valence-electron chi connectivity index (χ1n) is 8.57. The first kappa shape index (κ1) is 16.3. The molecule has 2 aromatic heterocycles. The van der Waals surface area contributed by atoms with E-state index >= 15 is 0 Å². The number of nitrogens with one attached hydrogen (secondary N) is 2. The van der Waals surface area contributed by atoms with Crippen LogP contribution in [0.3, 0.4) is 0 Å². The Morgan fingerprint density at radius 2 is 1.92 bits per heavy atom. The fraction of sp³-hybridized carbons (Fsp3) is 0.333. The van der Waals surface area contributed by atoms with E-state index in [1.165, 1.54) is 0 Å². The molecular formula is C18H19N5O3. The fourth-order valence-electron chi connectivity index (χ4n) is 3.20. The number of piperidine rings is 1. The van der Waals surface area contributed by atoms with Crippen LogP contribution in [-0.4, -0.2) is 51.3 Å². The molecule has 1 aliphatic heterocycles. The normalized spacial score (nSPS) is 15.3. The topological polar surface area (TPSA) is 104 Å². The highest BCUT2D eigenvalue weighted by atomic mass is 16.3. The van der Waals surface area contributed by atoms with Gasteiger partial charge in [-0.3, -0.25) is 9.59 Å². The standard InChI is InChI=1S/C18H19N5O3/c1-11-2-5-16(26-11)17(24)19-13-6-8-23(9-7-13)18(25)12-3-4-14-15(10-12)21-22-20-14/h2-5,10,13H,6-9H2,1H3,(H,19,24)(H,20,21,22). The van der Waals surface area contributed by atoms with Crippen LogP contribution in [0, 0.1) is 6.92 Å². The molecule has 0 radical (unpaired) electrons. The number of likely N-dealkylation sites (tertiary alicyclic amines) is 1. The summed E-state index contributed by atoms with van der Waals surface area (Å²) in [5.74, 6) is 0.794. The number of rotatable bonds is 3. The molecule has 0 aliphatic carbocycles. The quantitative estimate of drug-likeness (QED) is 0.748. The molecule has 4 rings (SSSR count). The molecule has 3 aromatic rings. The SMILES string of the molecule is Cc1ccc(C(=O)NC2CCN(C(=O)c3ccc4n[nH]nc4c3)CC2)o1. The van der Waals surface area contributed by atoms with Gasteiger partial charge in [-0.25, -0.2) is 0 Å². The maximum Gasteiger partial charge on any atom is 0.287 e. The van der Waals surface area contributed by atoms with Crippen molar-refractivity contribution in [3.05, 3.63) is 47.4 Å². The smallest absolute Gasteiger partial charge is 0.287 e. The Kier molecular flexibility index (Phi) is 4.16. The van der Waals surface area contributed by atoms with E-state index in [1.54, 1.807) is 42.2 Å². The summed E-state index contributed by atoms with van der Waals surface area (Å²) in [5, 5.41) is 13.5. The number of amides is 2. The van der Waals surface area contributed by atoms with Crippen LogP contribution in [0.1, 0.15) is 39.5 Å². The van der Waals surface area contributed by atoms with Crippen LogP contribution in [0.4, 0.5) is 0 Å². The van der Waals surface area contributed by atoms with Crippen molar-refractivity contribution in [1.82, 2.24) is 25.6 Å². The van der Waals surface area contributed by atoms with Crippen molar-refractivity contribution in [3.8, 4) is 0 Å². The summed E-state index contributed by atoms with van der Waals surface area (Å²) in [6.45, 7) is 2.99. The molecule has 134 valence electrons. The monoisotopic (exact) mass is 353 g/mol. The van der Waals surface area contributed by atoms with E-state index in [-0.39, 0.29) is 17.9 Å². The lowest BCUT2D eigenvalue weighted by molar-refractivity contribution is 0.0695. The van der Waals surface area contributed by atoms with Gasteiger partial charge in [-0.2, -0.15) is 15.4 Å². The van der Waals surface area contributed by atoms with Gasteiger partial charge < -0.3 is 14.6 Å². The van der Waals surface area contributed by atoms with Gasteiger partial charge in [-0.1, -0.05) is 0 Å². The van der Waals surface area contributed by atoms with E-state index in [4.69, 9.17) is 4.42 Å². The minimum Gasteiger partial charge on any atom is -0.456 e. The zero-order valence-corrected chi connectivity index (χ0v) is 14.4. The number of nitrogens with zero attached hydrogens (tertiary/aromatic N) is 3. The molecule has 1 fully saturated rings. The predicted octanol–water partition coefficient (Wildman–Crippen LogP) is 1.89. The Morgan fingerprint density at radius 1 is 1.15 bits per heavy atom. The lowest BCUT2D eigenvalue weighted by atomic mass is 10.0.